The number of benzene rings is 1. The molecule has 15 heavy (non-hydrogen) atoms. The Balaban J connectivity index is 3.05. The third-order valence-corrected chi connectivity index (χ3v) is 2.09. The molecule has 0 heterocycles. The minimum absolute atomic E-state index is 0.134. The molecule has 1 N–H and O–H groups in total. The fourth-order valence-corrected chi connectivity index (χ4v) is 1.33. The highest BCUT2D eigenvalue weighted by atomic mass is 16.3. The fraction of sp³-hybridized carbons (Fsp3) is 0.154. The second-order valence-electron chi connectivity index (χ2n) is 3.17. The molecule has 0 amide bonds. The van der Waals surface area contributed by atoms with E-state index in [2.05, 4.69) is 6.58 Å². The van der Waals surface area contributed by atoms with E-state index >= 15 is 0 Å². The highest BCUT2D eigenvalue weighted by Crippen LogP contribution is 2.13. The molecular formula is C13H14O2. The lowest BCUT2D eigenvalue weighted by Crippen LogP contribution is -2.04. The van der Waals surface area contributed by atoms with Crippen LogP contribution in [0.1, 0.15) is 22.8 Å². The van der Waals surface area contributed by atoms with E-state index in [1.807, 2.05) is 6.92 Å². The molecule has 0 saturated heterocycles. The maximum absolute atomic E-state index is 11.9. The van der Waals surface area contributed by atoms with E-state index in [1.54, 1.807) is 36.4 Å². The number of ketones is 1. The van der Waals surface area contributed by atoms with Crippen molar-refractivity contribution >= 4 is 5.78 Å². The van der Waals surface area contributed by atoms with E-state index in [-0.39, 0.29) is 12.4 Å². The molecule has 0 unspecified atom stereocenters. The minimum atomic E-state index is -0.141. The molecule has 1 aromatic carbocycles. The van der Waals surface area contributed by atoms with Crippen molar-refractivity contribution < 1.29 is 9.90 Å². The summed E-state index contributed by atoms with van der Waals surface area (Å²) >= 11 is 0. The quantitative estimate of drug-likeness (QED) is 0.462. The minimum Gasteiger partial charge on any atom is -0.392 e. The Morgan fingerprint density at radius 1 is 1.47 bits per heavy atom. The van der Waals surface area contributed by atoms with E-state index in [4.69, 9.17) is 5.11 Å². The van der Waals surface area contributed by atoms with Gasteiger partial charge in [0.1, 0.15) is 0 Å². The van der Waals surface area contributed by atoms with Crippen molar-refractivity contribution in [1.29, 1.82) is 0 Å². The number of carbonyl (C=O) groups excluding carboxylic acids is 1. The molecule has 0 aliphatic heterocycles. The van der Waals surface area contributed by atoms with Gasteiger partial charge in [-0.25, -0.2) is 0 Å². The normalized spacial score (nSPS) is 10.5. The topological polar surface area (TPSA) is 37.3 Å². The van der Waals surface area contributed by atoms with E-state index in [9.17, 15) is 4.79 Å². The number of hydrogen-bond donors (Lipinski definition) is 1. The van der Waals surface area contributed by atoms with Gasteiger partial charge in [-0.3, -0.25) is 4.79 Å². The van der Waals surface area contributed by atoms with Crippen molar-refractivity contribution in [3.63, 3.8) is 0 Å². The lowest BCUT2D eigenvalue weighted by molar-refractivity contribution is 0.103. The molecule has 1 rings (SSSR count). The third-order valence-electron chi connectivity index (χ3n) is 2.09. The molecule has 0 bridgehead atoms. The number of carbonyl (C=O) groups is 1. The first kappa shape index (κ1) is 11.4. The number of aliphatic hydroxyl groups is 1. The van der Waals surface area contributed by atoms with E-state index in [0.717, 1.165) is 0 Å². The van der Waals surface area contributed by atoms with Gasteiger partial charge in [-0.15, -0.1) is 0 Å². The molecular weight excluding hydrogens is 188 g/mol. The van der Waals surface area contributed by atoms with E-state index in [1.165, 1.54) is 0 Å². The Hall–Kier alpha value is -1.67. The summed E-state index contributed by atoms with van der Waals surface area (Å²) in [5, 5.41) is 9.08. The molecule has 2 nitrogen and oxygen atoms in total. The number of aliphatic hydroxyl groups excluding tert-OH is 1. The Bertz CT molecular complexity index is 403. The van der Waals surface area contributed by atoms with Gasteiger partial charge in [-0.1, -0.05) is 43.0 Å². The zero-order valence-electron chi connectivity index (χ0n) is 8.73. The highest BCUT2D eigenvalue weighted by molar-refractivity contribution is 6.10. The van der Waals surface area contributed by atoms with Gasteiger partial charge in [0.25, 0.3) is 0 Å². The van der Waals surface area contributed by atoms with Crippen molar-refractivity contribution in [3.05, 3.63) is 59.7 Å². The van der Waals surface area contributed by atoms with Gasteiger partial charge in [0.05, 0.1) is 6.61 Å². The lowest BCUT2D eigenvalue weighted by Gasteiger charge is -2.05. The SMILES string of the molecule is C=C(/C=C\C)C(=O)c1ccccc1CO. The lowest BCUT2D eigenvalue weighted by atomic mass is 9.99. The summed E-state index contributed by atoms with van der Waals surface area (Å²) in [6.45, 7) is 5.37. The average Bonchev–Trinajstić information content (AvgIpc) is 2.28. The predicted molar refractivity (Wildman–Crippen MR) is 60.6 cm³/mol. The van der Waals surface area contributed by atoms with Crippen LogP contribution in [0.2, 0.25) is 0 Å². The fourth-order valence-electron chi connectivity index (χ4n) is 1.33. The second-order valence-corrected chi connectivity index (χ2v) is 3.17. The van der Waals surface area contributed by atoms with E-state index in [0.29, 0.717) is 16.7 Å². The maximum Gasteiger partial charge on any atom is 0.192 e. The van der Waals surface area contributed by atoms with Crippen molar-refractivity contribution in [1.82, 2.24) is 0 Å². The predicted octanol–water partition coefficient (Wildman–Crippen LogP) is 2.49. The first-order valence-corrected chi connectivity index (χ1v) is 4.75. The van der Waals surface area contributed by atoms with Gasteiger partial charge in [0.2, 0.25) is 0 Å². The van der Waals surface area contributed by atoms with Crippen LogP contribution in [0.25, 0.3) is 0 Å². The second kappa shape index (κ2) is 5.27. The van der Waals surface area contributed by atoms with Gasteiger partial charge >= 0.3 is 0 Å². The van der Waals surface area contributed by atoms with Crippen LogP contribution in [-0.2, 0) is 6.61 Å². The summed E-state index contributed by atoms with van der Waals surface area (Å²) in [5.74, 6) is -0.141. The van der Waals surface area contributed by atoms with Crippen LogP contribution >= 0.6 is 0 Å². The third kappa shape index (κ3) is 2.64. The summed E-state index contributed by atoms with van der Waals surface area (Å²) in [6.07, 6.45) is 3.43. The molecule has 0 aromatic heterocycles. The Kier molecular flexibility index (Phi) is 4.01. The Labute approximate surface area is 89.6 Å². The molecule has 1 aromatic rings. The molecule has 0 aliphatic rings. The average molecular weight is 202 g/mol. The smallest absolute Gasteiger partial charge is 0.192 e. The van der Waals surface area contributed by atoms with Crippen molar-refractivity contribution in [2.24, 2.45) is 0 Å². The monoisotopic (exact) mass is 202 g/mol. The van der Waals surface area contributed by atoms with Crippen molar-refractivity contribution in [3.8, 4) is 0 Å². The van der Waals surface area contributed by atoms with Gasteiger partial charge in [0, 0.05) is 11.1 Å². The number of Topliss-reactive ketones (excluding diaryl/α,β-unsaturated/α-hetero) is 1. The summed E-state index contributed by atoms with van der Waals surface area (Å²) in [6, 6.07) is 6.99. The molecule has 0 saturated carbocycles. The summed E-state index contributed by atoms with van der Waals surface area (Å²) < 4.78 is 0. The molecule has 0 atom stereocenters. The largest absolute Gasteiger partial charge is 0.392 e. The molecule has 0 radical (unpaired) electrons. The van der Waals surface area contributed by atoms with Crippen molar-refractivity contribution in [2.45, 2.75) is 13.5 Å². The van der Waals surface area contributed by atoms with Crippen LogP contribution in [0.3, 0.4) is 0 Å². The Morgan fingerprint density at radius 2 is 2.13 bits per heavy atom. The van der Waals surface area contributed by atoms with Gasteiger partial charge in [0.15, 0.2) is 5.78 Å². The first-order valence-electron chi connectivity index (χ1n) is 4.75. The summed E-state index contributed by atoms with van der Waals surface area (Å²) in [7, 11) is 0. The zero-order chi connectivity index (χ0) is 11.3. The van der Waals surface area contributed by atoms with Crippen LogP contribution < -0.4 is 0 Å². The Morgan fingerprint density at radius 3 is 2.73 bits per heavy atom. The first-order chi connectivity index (χ1) is 7.20. The van der Waals surface area contributed by atoms with Crippen LogP contribution in [0, 0.1) is 0 Å². The van der Waals surface area contributed by atoms with Gasteiger partial charge in [-0.05, 0) is 12.5 Å². The van der Waals surface area contributed by atoms with Crippen LogP contribution in [0.4, 0.5) is 0 Å². The number of hydrogen-bond acceptors (Lipinski definition) is 2. The molecule has 78 valence electrons. The molecule has 0 spiro atoms. The maximum atomic E-state index is 11.9. The zero-order valence-corrected chi connectivity index (χ0v) is 8.73. The highest BCUT2D eigenvalue weighted by Gasteiger charge is 2.11. The summed E-state index contributed by atoms with van der Waals surface area (Å²) in [5.41, 5.74) is 1.58. The molecule has 2 heteroatoms. The molecule has 0 fully saturated rings. The summed E-state index contributed by atoms with van der Waals surface area (Å²) in [4.78, 5) is 11.9. The van der Waals surface area contributed by atoms with Crippen LogP contribution in [0.5, 0.6) is 0 Å². The number of allylic oxidation sites excluding steroid dienone is 3. The molecule has 0 aliphatic carbocycles. The number of rotatable bonds is 4. The van der Waals surface area contributed by atoms with Crippen LogP contribution in [0.15, 0.2) is 48.6 Å². The van der Waals surface area contributed by atoms with Crippen LogP contribution in [-0.4, -0.2) is 10.9 Å². The van der Waals surface area contributed by atoms with E-state index < -0.39 is 0 Å². The van der Waals surface area contributed by atoms with Gasteiger partial charge in [-0.2, -0.15) is 0 Å². The van der Waals surface area contributed by atoms with Gasteiger partial charge < -0.3 is 5.11 Å². The standard InChI is InChI=1S/C13H14O2/c1-3-6-10(2)13(15)12-8-5-4-7-11(12)9-14/h3-8,14H,2,9H2,1H3/b6-3-. The van der Waals surface area contributed by atoms with Crippen molar-refractivity contribution in [2.75, 3.05) is 0 Å².